The first-order chi connectivity index (χ1) is 13.1. The first-order valence-corrected chi connectivity index (χ1v) is 10.4. The Bertz CT molecular complexity index is 595. The molecular formula is C21H35N5O. The van der Waals surface area contributed by atoms with Crippen molar-refractivity contribution in [2.45, 2.75) is 57.8 Å². The number of aliphatic imine (C=N–C) groups is 1. The van der Waals surface area contributed by atoms with Crippen molar-refractivity contribution in [3.63, 3.8) is 0 Å². The molecule has 0 amide bonds. The Hall–Kier alpha value is -1.63. The molecule has 4 N–H and O–H groups in total. The monoisotopic (exact) mass is 373 g/mol. The largest absolute Gasteiger partial charge is 0.393 e. The van der Waals surface area contributed by atoms with Gasteiger partial charge in [0.15, 0.2) is 5.96 Å². The number of benzene rings is 1. The van der Waals surface area contributed by atoms with Gasteiger partial charge in [0, 0.05) is 32.2 Å². The Morgan fingerprint density at radius 1 is 1.15 bits per heavy atom. The van der Waals surface area contributed by atoms with E-state index in [1.165, 1.54) is 30.5 Å². The Balaban J connectivity index is 1.41. The molecule has 1 unspecified atom stereocenters. The molecule has 27 heavy (non-hydrogen) atoms. The molecule has 0 saturated carbocycles. The summed E-state index contributed by atoms with van der Waals surface area (Å²) in [6.07, 6.45) is 4.18. The fourth-order valence-electron chi connectivity index (χ4n) is 4.08. The Labute approximate surface area is 163 Å². The van der Waals surface area contributed by atoms with E-state index in [1.807, 2.05) is 0 Å². The summed E-state index contributed by atoms with van der Waals surface area (Å²) in [5.41, 5.74) is 8.53. The summed E-state index contributed by atoms with van der Waals surface area (Å²) in [5, 5.41) is 12.9. The van der Waals surface area contributed by atoms with Gasteiger partial charge in [-0.1, -0.05) is 31.2 Å². The fourth-order valence-corrected chi connectivity index (χ4v) is 4.08. The van der Waals surface area contributed by atoms with Crippen LogP contribution >= 0.6 is 0 Å². The summed E-state index contributed by atoms with van der Waals surface area (Å²) in [7, 11) is 0. The van der Waals surface area contributed by atoms with Gasteiger partial charge in [0.2, 0.25) is 0 Å². The molecule has 150 valence electrons. The van der Waals surface area contributed by atoms with Crippen LogP contribution in [-0.4, -0.2) is 65.7 Å². The van der Waals surface area contributed by atoms with Gasteiger partial charge in [-0.3, -0.25) is 9.80 Å². The van der Waals surface area contributed by atoms with Crippen molar-refractivity contribution in [1.82, 2.24) is 15.1 Å². The summed E-state index contributed by atoms with van der Waals surface area (Å²) in [6, 6.07) is 9.22. The number of piperidine rings is 1. The molecule has 2 fully saturated rings. The van der Waals surface area contributed by atoms with Gasteiger partial charge in [-0.25, -0.2) is 4.99 Å². The zero-order valence-electron chi connectivity index (χ0n) is 16.6. The van der Waals surface area contributed by atoms with Crippen LogP contribution in [0.4, 0.5) is 0 Å². The lowest BCUT2D eigenvalue weighted by Gasteiger charge is -2.29. The number of rotatable bonds is 7. The first kappa shape index (κ1) is 20.1. The van der Waals surface area contributed by atoms with Crippen molar-refractivity contribution >= 4 is 5.96 Å². The van der Waals surface area contributed by atoms with Gasteiger partial charge in [-0.2, -0.15) is 0 Å². The average molecular weight is 374 g/mol. The minimum Gasteiger partial charge on any atom is -0.393 e. The van der Waals surface area contributed by atoms with E-state index in [2.05, 4.69) is 51.3 Å². The van der Waals surface area contributed by atoms with Gasteiger partial charge < -0.3 is 16.2 Å². The SMILES string of the molecule is CCN1CCCC1CNC(N)=NCc1ccc(CN2CCC(O)CC2)cc1. The van der Waals surface area contributed by atoms with Crippen molar-refractivity contribution in [3.05, 3.63) is 35.4 Å². The van der Waals surface area contributed by atoms with Crippen LogP contribution in [0.1, 0.15) is 43.7 Å². The summed E-state index contributed by atoms with van der Waals surface area (Å²) in [4.78, 5) is 9.40. The molecule has 2 heterocycles. The first-order valence-electron chi connectivity index (χ1n) is 10.4. The zero-order valence-corrected chi connectivity index (χ0v) is 16.6. The van der Waals surface area contributed by atoms with E-state index < -0.39 is 0 Å². The predicted molar refractivity (Wildman–Crippen MR) is 111 cm³/mol. The van der Waals surface area contributed by atoms with Gasteiger partial charge >= 0.3 is 0 Å². The molecule has 1 aromatic carbocycles. The van der Waals surface area contributed by atoms with Crippen LogP contribution < -0.4 is 11.1 Å². The van der Waals surface area contributed by atoms with E-state index in [0.717, 1.165) is 45.6 Å². The lowest BCUT2D eigenvalue weighted by atomic mass is 10.1. The molecule has 3 rings (SSSR count). The molecule has 6 nitrogen and oxygen atoms in total. The summed E-state index contributed by atoms with van der Waals surface area (Å²) in [6.45, 7) is 8.92. The van der Waals surface area contributed by atoms with Crippen LogP contribution in [0.2, 0.25) is 0 Å². The third-order valence-electron chi connectivity index (χ3n) is 5.84. The Kier molecular flexibility index (Phi) is 7.50. The van der Waals surface area contributed by atoms with E-state index in [4.69, 9.17) is 5.73 Å². The van der Waals surface area contributed by atoms with Gasteiger partial charge in [0.25, 0.3) is 0 Å². The highest BCUT2D eigenvalue weighted by molar-refractivity contribution is 5.77. The smallest absolute Gasteiger partial charge is 0.188 e. The van der Waals surface area contributed by atoms with Crippen LogP contribution in [0.3, 0.4) is 0 Å². The van der Waals surface area contributed by atoms with Crippen molar-refractivity contribution in [2.75, 3.05) is 32.7 Å². The van der Waals surface area contributed by atoms with E-state index in [-0.39, 0.29) is 6.10 Å². The zero-order chi connectivity index (χ0) is 19.1. The maximum absolute atomic E-state index is 9.60. The Morgan fingerprint density at radius 3 is 2.56 bits per heavy atom. The number of hydrogen-bond donors (Lipinski definition) is 3. The van der Waals surface area contributed by atoms with Crippen molar-refractivity contribution in [1.29, 1.82) is 0 Å². The number of nitrogens with two attached hydrogens (primary N) is 1. The van der Waals surface area contributed by atoms with E-state index in [9.17, 15) is 5.11 Å². The molecule has 6 heteroatoms. The minimum atomic E-state index is -0.112. The topological polar surface area (TPSA) is 77.1 Å². The van der Waals surface area contributed by atoms with Gasteiger partial charge in [0.1, 0.15) is 0 Å². The third-order valence-corrected chi connectivity index (χ3v) is 5.84. The second kappa shape index (κ2) is 10.1. The molecule has 0 radical (unpaired) electrons. The van der Waals surface area contributed by atoms with E-state index >= 15 is 0 Å². The van der Waals surface area contributed by atoms with E-state index in [1.54, 1.807) is 0 Å². The van der Waals surface area contributed by atoms with Crippen LogP contribution in [-0.2, 0) is 13.1 Å². The normalized spacial score (nSPS) is 23.0. The van der Waals surface area contributed by atoms with Crippen molar-refractivity contribution in [2.24, 2.45) is 10.7 Å². The highest BCUT2D eigenvalue weighted by Crippen LogP contribution is 2.16. The van der Waals surface area contributed by atoms with Crippen LogP contribution in [0.25, 0.3) is 0 Å². The van der Waals surface area contributed by atoms with Crippen LogP contribution in [0, 0.1) is 0 Å². The number of nitrogens with zero attached hydrogens (tertiary/aromatic N) is 3. The summed E-state index contributed by atoms with van der Waals surface area (Å²) < 4.78 is 0. The molecule has 0 aliphatic carbocycles. The molecular weight excluding hydrogens is 338 g/mol. The minimum absolute atomic E-state index is 0.112. The maximum Gasteiger partial charge on any atom is 0.188 e. The quantitative estimate of drug-likeness (QED) is 0.499. The van der Waals surface area contributed by atoms with Gasteiger partial charge in [-0.15, -0.1) is 0 Å². The predicted octanol–water partition coefficient (Wildman–Crippen LogP) is 1.53. The van der Waals surface area contributed by atoms with Crippen LogP contribution in [0.5, 0.6) is 0 Å². The number of hydrogen-bond acceptors (Lipinski definition) is 4. The molecule has 2 aliphatic heterocycles. The second-order valence-corrected chi connectivity index (χ2v) is 7.83. The standard InChI is InChI=1S/C21H35N5O/c1-2-26-11-3-4-19(26)15-24-21(22)23-14-17-5-7-18(8-6-17)16-25-12-9-20(27)10-13-25/h5-8,19-20,27H,2-4,9-16H2,1H3,(H3,22,23,24). The number of guanidine groups is 1. The lowest BCUT2D eigenvalue weighted by molar-refractivity contribution is 0.0792. The molecule has 0 spiro atoms. The Morgan fingerprint density at radius 2 is 1.85 bits per heavy atom. The lowest BCUT2D eigenvalue weighted by Crippen LogP contribution is -2.42. The fraction of sp³-hybridized carbons (Fsp3) is 0.667. The molecule has 1 aromatic rings. The maximum atomic E-state index is 9.60. The molecule has 0 bridgehead atoms. The van der Waals surface area contributed by atoms with Gasteiger partial charge in [0.05, 0.1) is 12.6 Å². The highest BCUT2D eigenvalue weighted by Gasteiger charge is 2.22. The van der Waals surface area contributed by atoms with Crippen LogP contribution in [0.15, 0.2) is 29.3 Å². The number of aliphatic hydroxyl groups is 1. The number of likely N-dealkylation sites (tertiary alicyclic amines) is 2. The highest BCUT2D eigenvalue weighted by atomic mass is 16.3. The third kappa shape index (κ3) is 6.19. The average Bonchev–Trinajstić information content (AvgIpc) is 3.15. The molecule has 2 aliphatic rings. The number of aliphatic hydroxyl groups excluding tert-OH is 1. The number of nitrogens with one attached hydrogen (secondary N) is 1. The molecule has 2 saturated heterocycles. The number of likely N-dealkylation sites (N-methyl/N-ethyl adjacent to an activating group) is 1. The van der Waals surface area contributed by atoms with Crippen molar-refractivity contribution in [3.8, 4) is 0 Å². The van der Waals surface area contributed by atoms with Crippen molar-refractivity contribution < 1.29 is 5.11 Å². The second-order valence-electron chi connectivity index (χ2n) is 7.83. The van der Waals surface area contributed by atoms with Gasteiger partial charge in [-0.05, 0) is 49.9 Å². The summed E-state index contributed by atoms with van der Waals surface area (Å²) in [5.74, 6) is 0.536. The summed E-state index contributed by atoms with van der Waals surface area (Å²) >= 11 is 0. The molecule has 0 aromatic heterocycles. The molecule has 1 atom stereocenters. The van der Waals surface area contributed by atoms with E-state index in [0.29, 0.717) is 18.5 Å².